The number of nitrogens with zero attached hydrogens (tertiary/aromatic N) is 3. The fourth-order valence-corrected chi connectivity index (χ4v) is 2.61. The lowest BCUT2D eigenvalue weighted by atomic mass is 10.1. The molecule has 0 bridgehead atoms. The topological polar surface area (TPSA) is 114 Å². The van der Waals surface area contributed by atoms with E-state index in [2.05, 4.69) is 31.1 Å². The van der Waals surface area contributed by atoms with Crippen molar-refractivity contribution in [2.24, 2.45) is 4.99 Å². The molecule has 2 aromatic rings. The number of aromatic nitrogens is 2. The molecule has 0 saturated carbocycles. The van der Waals surface area contributed by atoms with E-state index < -0.39 is 11.7 Å². The Labute approximate surface area is 207 Å². The van der Waals surface area contributed by atoms with E-state index in [1.807, 2.05) is 58.9 Å². The molecule has 0 aliphatic rings. The second kappa shape index (κ2) is 13.2. The van der Waals surface area contributed by atoms with Crippen LogP contribution in [0.25, 0.3) is 0 Å². The van der Waals surface area contributed by atoms with Crippen LogP contribution in [0.15, 0.2) is 33.8 Å². The molecule has 9 nitrogen and oxygen atoms in total. The highest BCUT2D eigenvalue weighted by atomic mass is 127. The summed E-state index contributed by atoms with van der Waals surface area (Å²) in [7, 11) is 1.73. The number of benzene rings is 1. The SMILES string of the molecule is CN=C(NCCc1ccc(NC(=O)OC(C)(C)C)cc1)NCCc1nc(C(C)C)no1.I. The number of carbonyl (C=O) groups excluding carboxylic acids is 1. The average Bonchev–Trinajstić information content (AvgIpc) is 3.16. The van der Waals surface area contributed by atoms with Crippen molar-refractivity contribution in [3.63, 3.8) is 0 Å². The molecule has 1 amide bonds. The van der Waals surface area contributed by atoms with Gasteiger partial charge in [0.2, 0.25) is 5.89 Å². The number of hydrogen-bond donors (Lipinski definition) is 3. The molecule has 0 unspecified atom stereocenters. The van der Waals surface area contributed by atoms with E-state index in [1.165, 1.54) is 0 Å². The smallest absolute Gasteiger partial charge is 0.412 e. The van der Waals surface area contributed by atoms with Crippen molar-refractivity contribution in [3.8, 4) is 0 Å². The zero-order chi connectivity index (χ0) is 22.9. The minimum atomic E-state index is -0.523. The minimum absolute atomic E-state index is 0. The molecule has 0 aliphatic heterocycles. The van der Waals surface area contributed by atoms with Gasteiger partial charge in [-0.15, -0.1) is 24.0 Å². The predicted molar refractivity (Wildman–Crippen MR) is 137 cm³/mol. The predicted octanol–water partition coefficient (Wildman–Crippen LogP) is 4.11. The van der Waals surface area contributed by atoms with Gasteiger partial charge < -0.3 is 19.9 Å². The molecule has 0 saturated heterocycles. The Bertz CT molecular complexity index is 859. The fourth-order valence-electron chi connectivity index (χ4n) is 2.61. The molecule has 2 rings (SSSR count). The molecular weight excluding hydrogens is 523 g/mol. The lowest BCUT2D eigenvalue weighted by molar-refractivity contribution is 0.0636. The molecule has 3 N–H and O–H groups in total. The van der Waals surface area contributed by atoms with Crippen LogP contribution in [-0.4, -0.2) is 47.9 Å². The minimum Gasteiger partial charge on any atom is -0.444 e. The van der Waals surface area contributed by atoms with Crippen molar-refractivity contribution in [2.45, 2.75) is 59.0 Å². The lowest BCUT2D eigenvalue weighted by Gasteiger charge is -2.19. The Morgan fingerprint density at radius 2 is 1.75 bits per heavy atom. The molecule has 1 aromatic carbocycles. The summed E-state index contributed by atoms with van der Waals surface area (Å²) >= 11 is 0. The Morgan fingerprint density at radius 3 is 2.28 bits per heavy atom. The zero-order valence-corrected chi connectivity index (χ0v) is 22.0. The summed E-state index contributed by atoms with van der Waals surface area (Å²) < 4.78 is 10.5. The first-order chi connectivity index (χ1) is 14.7. The summed E-state index contributed by atoms with van der Waals surface area (Å²) in [6.45, 7) is 10.9. The highest BCUT2D eigenvalue weighted by molar-refractivity contribution is 14.0. The third-order valence-electron chi connectivity index (χ3n) is 4.16. The maximum atomic E-state index is 11.8. The standard InChI is InChI=1S/C22H34N6O3.HI/c1-15(2)19-27-18(31-28-19)12-14-25-20(23-6)24-13-11-16-7-9-17(10-8-16)26-21(29)30-22(3,4)5;/h7-10,15H,11-14H2,1-6H3,(H,26,29)(H2,23,24,25);1H. The van der Waals surface area contributed by atoms with Gasteiger partial charge in [0, 0.05) is 38.2 Å². The van der Waals surface area contributed by atoms with Crippen LogP contribution in [0.1, 0.15) is 57.8 Å². The summed E-state index contributed by atoms with van der Waals surface area (Å²) in [6.07, 6.45) is 0.985. The molecule has 0 fully saturated rings. The van der Waals surface area contributed by atoms with Crippen LogP contribution < -0.4 is 16.0 Å². The van der Waals surface area contributed by atoms with E-state index in [1.54, 1.807) is 7.05 Å². The van der Waals surface area contributed by atoms with Gasteiger partial charge in [0.15, 0.2) is 11.8 Å². The average molecular weight is 558 g/mol. The monoisotopic (exact) mass is 558 g/mol. The molecule has 0 spiro atoms. The third-order valence-corrected chi connectivity index (χ3v) is 4.16. The van der Waals surface area contributed by atoms with Crippen molar-refractivity contribution in [3.05, 3.63) is 41.5 Å². The Balaban J connectivity index is 0.00000512. The molecule has 0 atom stereocenters. The van der Waals surface area contributed by atoms with E-state index in [4.69, 9.17) is 9.26 Å². The van der Waals surface area contributed by atoms with E-state index in [-0.39, 0.29) is 29.9 Å². The highest BCUT2D eigenvalue weighted by Gasteiger charge is 2.16. The Hall–Kier alpha value is -2.37. The van der Waals surface area contributed by atoms with Crippen molar-refractivity contribution >= 4 is 41.7 Å². The molecule has 10 heteroatoms. The normalized spacial score (nSPS) is 11.7. The number of anilines is 1. The number of guanidine groups is 1. The number of carbonyl (C=O) groups is 1. The van der Waals surface area contributed by atoms with Crippen LogP contribution in [0.4, 0.5) is 10.5 Å². The van der Waals surface area contributed by atoms with E-state index in [0.29, 0.717) is 30.5 Å². The van der Waals surface area contributed by atoms with E-state index in [0.717, 1.165) is 24.4 Å². The van der Waals surface area contributed by atoms with Crippen LogP contribution in [0.2, 0.25) is 0 Å². The molecule has 1 heterocycles. The van der Waals surface area contributed by atoms with Crippen molar-refractivity contribution in [1.82, 2.24) is 20.8 Å². The number of nitrogens with one attached hydrogen (secondary N) is 3. The number of halogens is 1. The van der Waals surface area contributed by atoms with Gasteiger partial charge in [-0.25, -0.2) is 4.79 Å². The number of rotatable bonds is 8. The first-order valence-corrected chi connectivity index (χ1v) is 10.5. The first-order valence-electron chi connectivity index (χ1n) is 10.5. The van der Waals surface area contributed by atoms with Gasteiger partial charge in [0.05, 0.1) is 0 Å². The first kappa shape index (κ1) is 27.7. The molecule has 32 heavy (non-hydrogen) atoms. The third kappa shape index (κ3) is 10.3. The van der Waals surface area contributed by atoms with E-state index >= 15 is 0 Å². The van der Waals surface area contributed by atoms with Gasteiger partial charge in [0.25, 0.3) is 0 Å². The van der Waals surface area contributed by atoms with Gasteiger partial charge in [0.1, 0.15) is 5.60 Å². The van der Waals surface area contributed by atoms with Gasteiger partial charge in [-0.1, -0.05) is 31.1 Å². The summed E-state index contributed by atoms with van der Waals surface area (Å²) in [5.74, 6) is 2.31. The van der Waals surface area contributed by atoms with Crippen molar-refractivity contribution in [1.29, 1.82) is 0 Å². The summed E-state index contributed by atoms with van der Waals surface area (Å²) in [4.78, 5) is 20.4. The second-order valence-corrected chi connectivity index (χ2v) is 8.45. The zero-order valence-electron chi connectivity index (χ0n) is 19.7. The van der Waals surface area contributed by atoms with Crippen LogP contribution in [0, 0.1) is 0 Å². The van der Waals surface area contributed by atoms with Gasteiger partial charge in [-0.05, 0) is 44.9 Å². The van der Waals surface area contributed by atoms with Crippen LogP contribution in [0.3, 0.4) is 0 Å². The summed E-state index contributed by atoms with van der Waals surface area (Å²) in [5.41, 5.74) is 1.32. The van der Waals surface area contributed by atoms with Crippen LogP contribution >= 0.6 is 24.0 Å². The number of ether oxygens (including phenoxy) is 1. The van der Waals surface area contributed by atoms with Crippen molar-refractivity contribution in [2.75, 3.05) is 25.5 Å². The number of amides is 1. The van der Waals surface area contributed by atoms with Crippen LogP contribution in [-0.2, 0) is 17.6 Å². The maximum Gasteiger partial charge on any atom is 0.412 e. The summed E-state index contributed by atoms with van der Waals surface area (Å²) in [5, 5.41) is 13.2. The van der Waals surface area contributed by atoms with Crippen molar-refractivity contribution < 1.29 is 14.1 Å². The van der Waals surface area contributed by atoms with Gasteiger partial charge in [-0.2, -0.15) is 4.98 Å². The number of hydrogen-bond acceptors (Lipinski definition) is 6. The largest absolute Gasteiger partial charge is 0.444 e. The van der Waals surface area contributed by atoms with Gasteiger partial charge in [-0.3, -0.25) is 10.3 Å². The van der Waals surface area contributed by atoms with E-state index in [9.17, 15) is 4.79 Å². The van der Waals surface area contributed by atoms with Gasteiger partial charge >= 0.3 is 6.09 Å². The molecular formula is C22H35IN6O3. The lowest BCUT2D eigenvalue weighted by Crippen LogP contribution is -2.39. The molecule has 1 aromatic heterocycles. The highest BCUT2D eigenvalue weighted by Crippen LogP contribution is 2.13. The molecule has 178 valence electrons. The molecule has 0 aliphatic carbocycles. The summed E-state index contributed by atoms with van der Waals surface area (Å²) in [6, 6.07) is 7.68. The van der Waals surface area contributed by atoms with Crippen LogP contribution in [0.5, 0.6) is 0 Å². The maximum absolute atomic E-state index is 11.8. The number of aliphatic imine (C=N–C) groups is 1. The Morgan fingerprint density at radius 1 is 1.12 bits per heavy atom. The quantitative estimate of drug-likeness (QED) is 0.254. The Kier molecular flexibility index (Phi) is 11.4. The molecule has 0 radical (unpaired) electrons. The second-order valence-electron chi connectivity index (χ2n) is 8.45. The fraction of sp³-hybridized carbons (Fsp3) is 0.545.